The van der Waals surface area contributed by atoms with Gasteiger partial charge in [-0.1, -0.05) is 30.7 Å². The molecule has 0 saturated carbocycles. The first kappa shape index (κ1) is 19.0. The minimum absolute atomic E-state index is 0.120. The smallest absolute Gasteiger partial charge is 0.307 e. The Morgan fingerprint density at radius 3 is 2.48 bits per heavy atom. The molecule has 0 aliphatic heterocycles. The summed E-state index contributed by atoms with van der Waals surface area (Å²) in [4.78, 5) is 35.5. The lowest BCUT2D eigenvalue weighted by Crippen LogP contribution is -2.34. The molecule has 1 aliphatic carbocycles. The van der Waals surface area contributed by atoms with Gasteiger partial charge in [0, 0.05) is 12.1 Å². The van der Waals surface area contributed by atoms with Crippen molar-refractivity contribution in [1.82, 2.24) is 0 Å². The van der Waals surface area contributed by atoms with E-state index in [0.29, 0.717) is 35.7 Å². The Bertz CT molecular complexity index is 702. The summed E-state index contributed by atoms with van der Waals surface area (Å²) in [5, 5.41) is 15.0. The highest BCUT2D eigenvalue weighted by atomic mass is 35.5. The van der Waals surface area contributed by atoms with Crippen molar-refractivity contribution in [3.05, 3.63) is 35.4 Å². The first-order valence-electron chi connectivity index (χ1n) is 8.20. The SMILES string of the molecule is CCCC(=O)Nc1ccc(Cl)c(NC(=O)[C@@H]2CC=CC[C@H]2C(=O)O)c1. The van der Waals surface area contributed by atoms with E-state index < -0.39 is 23.7 Å². The van der Waals surface area contributed by atoms with Gasteiger partial charge in [0.25, 0.3) is 0 Å². The fourth-order valence-electron chi connectivity index (χ4n) is 2.75. The molecule has 7 heteroatoms. The predicted molar refractivity (Wildman–Crippen MR) is 96.6 cm³/mol. The molecule has 0 heterocycles. The molecular formula is C18H21ClN2O4. The van der Waals surface area contributed by atoms with E-state index >= 15 is 0 Å². The molecule has 0 saturated heterocycles. The van der Waals surface area contributed by atoms with Crippen LogP contribution in [0.5, 0.6) is 0 Å². The average Bonchev–Trinajstić information content (AvgIpc) is 2.58. The summed E-state index contributed by atoms with van der Waals surface area (Å²) < 4.78 is 0. The van der Waals surface area contributed by atoms with Gasteiger partial charge in [0.2, 0.25) is 11.8 Å². The Kier molecular flexibility index (Phi) is 6.58. The van der Waals surface area contributed by atoms with E-state index in [0.717, 1.165) is 6.42 Å². The van der Waals surface area contributed by atoms with Gasteiger partial charge in [-0.2, -0.15) is 0 Å². The molecule has 6 nitrogen and oxygen atoms in total. The van der Waals surface area contributed by atoms with Crippen molar-refractivity contribution < 1.29 is 19.5 Å². The summed E-state index contributed by atoms with van der Waals surface area (Å²) >= 11 is 6.12. The molecule has 0 spiro atoms. The van der Waals surface area contributed by atoms with Crippen molar-refractivity contribution in [3.8, 4) is 0 Å². The fraction of sp³-hybridized carbons (Fsp3) is 0.389. The minimum Gasteiger partial charge on any atom is -0.481 e. The highest BCUT2D eigenvalue weighted by molar-refractivity contribution is 6.34. The number of carbonyl (C=O) groups is 3. The van der Waals surface area contributed by atoms with Crippen LogP contribution in [0.25, 0.3) is 0 Å². The summed E-state index contributed by atoms with van der Waals surface area (Å²) in [6.45, 7) is 1.91. The Morgan fingerprint density at radius 2 is 1.84 bits per heavy atom. The number of rotatable bonds is 6. The van der Waals surface area contributed by atoms with Crippen LogP contribution < -0.4 is 10.6 Å². The second kappa shape index (κ2) is 8.67. The Balaban J connectivity index is 2.13. The molecule has 25 heavy (non-hydrogen) atoms. The van der Waals surface area contributed by atoms with E-state index in [-0.39, 0.29) is 5.91 Å². The van der Waals surface area contributed by atoms with Gasteiger partial charge < -0.3 is 15.7 Å². The van der Waals surface area contributed by atoms with Crippen LogP contribution in [0, 0.1) is 11.8 Å². The molecule has 134 valence electrons. The maximum atomic E-state index is 12.5. The van der Waals surface area contributed by atoms with Gasteiger partial charge in [-0.15, -0.1) is 0 Å². The zero-order valence-corrected chi connectivity index (χ0v) is 14.7. The van der Waals surface area contributed by atoms with E-state index in [4.69, 9.17) is 11.6 Å². The van der Waals surface area contributed by atoms with Crippen LogP contribution in [-0.4, -0.2) is 22.9 Å². The number of carbonyl (C=O) groups excluding carboxylic acids is 2. The second-order valence-corrected chi connectivity index (χ2v) is 6.38. The van der Waals surface area contributed by atoms with Crippen molar-refractivity contribution in [2.75, 3.05) is 10.6 Å². The second-order valence-electron chi connectivity index (χ2n) is 5.98. The average molecular weight is 365 g/mol. The maximum Gasteiger partial charge on any atom is 0.307 e. The summed E-state index contributed by atoms with van der Waals surface area (Å²) in [5.41, 5.74) is 0.871. The molecule has 0 bridgehead atoms. The number of hydrogen-bond acceptors (Lipinski definition) is 3. The van der Waals surface area contributed by atoms with Crippen LogP contribution in [0.2, 0.25) is 5.02 Å². The van der Waals surface area contributed by atoms with Gasteiger partial charge in [-0.25, -0.2) is 0 Å². The molecular weight excluding hydrogens is 344 g/mol. The standard InChI is InChI=1S/C18H21ClN2O4/c1-2-5-16(22)20-11-8-9-14(19)15(10-11)21-17(23)12-6-3-4-7-13(12)18(24)25/h3-4,8-10,12-13H,2,5-7H2,1H3,(H,20,22)(H,21,23)(H,24,25)/t12-,13-/m1/s1. The monoisotopic (exact) mass is 364 g/mol. The van der Waals surface area contributed by atoms with Crippen LogP contribution in [0.1, 0.15) is 32.6 Å². The number of allylic oxidation sites excluding steroid dienone is 2. The van der Waals surface area contributed by atoms with Gasteiger partial charge in [-0.05, 0) is 37.5 Å². The summed E-state index contributed by atoms with van der Waals surface area (Å²) in [7, 11) is 0. The Hall–Kier alpha value is -2.34. The minimum atomic E-state index is -0.990. The zero-order chi connectivity index (χ0) is 18.4. The predicted octanol–water partition coefficient (Wildman–Crippen LogP) is 3.68. The molecule has 1 aromatic rings. The topological polar surface area (TPSA) is 95.5 Å². The van der Waals surface area contributed by atoms with Gasteiger partial charge in [-0.3, -0.25) is 14.4 Å². The Morgan fingerprint density at radius 1 is 1.16 bits per heavy atom. The first-order chi connectivity index (χ1) is 11.9. The molecule has 0 fully saturated rings. The van der Waals surface area contributed by atoms with Crippen molar-refractivity contribution in [3.63, 3.8) is 0 Å². The molecule has 1 aliphatic rings. The van der Waals surface area contributed by atoms with Crippen LogP contribution in [0.15, 0.2) is 30.4 Å². The van der Waals surface area contributed by atoms with Crippen molar-refractivity contribution in [2.24, 2.45) is 11.8 Å². The Labute approximate surface area is 151 Å². The number of hydrogen-bond donors (Lipinski definition) is 3. The lowest BCUT2D eigenvalue weighted by molar-refractivity contribution is -0.146. The van der Waals surface area contributed by atoms with E-state index in [2.05, 4.69) is 10.6 Å². The third kappa shape index (κ3) is 5.06. The van der Waals surface area contributed by atoms with Gasteiger partial charge in [0.15, 0.2) is 0 Å². The largest absolute Gasteiger partial charge is 0.481 e. The van der Waals surface area contributed by atoms with E-state index in [1.54, 1.807) is 24.3 Å². The lowest BCUT2D eigenvalue weighted by atomic mass is 9.82. The number of halogens is 1. The molecule has 0 aromatic heterocycles. The van der Waals surface area contributed by atoms with Crippen LogP contribution in [0.3, 0.4) is 0 Å². The lowest BCUT2D eigenvalue weighted by Gasteiger charge is -2.24. The number of nitrogens with one attached hydrogen (secondary N) is 2. The number of benzene rings is 1. The van der Waals surface area contributed by atoms with Gasteiger partial charge in [0.1, 0.15) is 0 Å². The zero-order valence-electron chi connectivity index (χ0n) is 13.9. The number of anilines is 2. The van der Waals surface area contributed by atoms with Crippen LogP contribution in [0.4, 0.5) is 11.4 Å². The van der Waals surface area contributed by atoms with E-state index in [1.807, 2.05) is 13.0 Å². The molecule has 0 unspecified atom stereocenters. The van der Waals surface area contributed by atoms with Crippen molar-refractivity contribution in [2.45, 2.75) is 32.6 Å². The number of aliphatic carboxylic acids is 1. The van der Waals surface area contributed by atoms with Gasteiger partial charge >= 0.3 is 5.97 Å². The number of amides is 2. The van der Waals surface area contributed by atoms with Gasteiger partial charge in [0.05, 0.1) is 22.5 Å². The van der Waals surface area contributed by atoms with Crippen molar-refractivity contribution >= 4 is 40.8 Å². The third-order valence-electron chi connectivity index (χ3n) is 4.07. The molecule has 2 rings (SSSR count). The van der Waals surface area contributed by atoms with E-state index in [9.17, 15) is 19.5 Å². The summed E-state index contributed by atoms with van der Waals surface area (Å²) in [5.74, 6) is -2.91. The summed E-state index contributed by atoms with van der Waals surface area (Å²) in [6.07, 6.45) is 5.42. The fourth-order valence-corrected chi connectivity index (χ4v) is 2.92. The molecule has 0 radical (unpaired) electrons. The number of carboxylic acid groups (broad SMARTS) is 1. The molecule has 3 N–H and O–H groups in total. The normalized spacial score (nSPS) is 19.3. The molecule has 1 aromatic carbocycles. The van der Waals surface area contributed by atoms with Crippen molar-refractivity contribution in [1.29, 1.82) is 0 Å². The number of carboxylic acids is 1. The van der Waals surface area contributed by atoms with Crippen LogP contribution >= 0.6 is 11.6 Å². The summed E-state index contributed by atoms with van der Waals surface area (Å²) in [6, 6.07) is 4.80. The molecule has 2 atom stereocenters. The quantitative estimate of drug-likeness (QED) is 0.671. The third-order valence-corrected chi connectivity index (χ3v) is 4.40. The highest BCUT2D eigenvalue weighted by Crippen LogP contribution is 2.30. The highest BCUT2D eigenvalue weighted by Gasteiger charge is 2.34. The first-order valence-corrected chi connectivity index (χ1v) is 8.58. The maximum absolute atomic E-state index is 12.5. The molecule has 2 amide bonds. The van der Waals surface area contributed by atoms with Crippen LogP contribution in [-0.2, 0) is 14.4 Å². The van der Waals surface area contributed by atoms with E-state index in [1.165, 1.54) is 0 Å².